The molecule has 2 aromatic heterocycles. The molecule has 1 aliphatic heterocycles. The maximum Gasteiger partial charge on any atom is 0.490 e. The number of benzene rings is 1. The van der Waals surface area contributed by atoms with Crippen LogP contribution in [-0.2, 0) is 72.3 Å². The number of rotatable bonds is 30. The fourth-order valence-electron chi connectivity index (χ4n) is 5.42. The first-order valence-corrected chi connectivity index (χ1v) is 28.6. The standard InChI is InChI=1S/C30H47N7O26P6/c1-20-18-37(30(41)32-29(20)40)27-17-24(38)25(58-27)19-57-65(44,45)60-67(48,49)62-69(52,53)63-68(50,51)61-66(46,47)59-64(42,43)56-13-6-4-3-5-12-31-26(39)11-14-54-15-16-55-23-9-7-22(8-10-23)28-35-33-21(2)34-36-28/h7-10,18,24-25,27,38H,3-6,11-17,19H2,1-2H3,(H,31,39)(H,42,43)(H,44,45)(H,46,47)(H,48,49)(H,50,51)(H,52,53)(H,32,40,41)/t24?,25-,27-/m1/s1. The van der Waals surface area contributed by atoms with E-state index in [2.05, 4.69) is 56.3 Å². The van der Waals surface area contributed by atoms with Gasteiger partial charge in [0.05, 0.1) is 32.5 Å². The number of hydrogen-bond donors (Lipinski definition) is 9. The molecule has 0 radical (unpaired) electrons. The third-order valence-electron chi connectivity index (χ3n) is 8.40. The maximum atomic E-state index is 12.3. The van der Waals surface area contributed by atoms with Crippen molar-refractivity contribution in [2.75, 3.05) is 39.6 Å². The summed E-state index contributed by atoms with van der Waals surface area (Å²) in [4.78, 5) is 96.3. The number of unbranched alkanes of at least 4 members (excludes halogenated alkanes) is 3. The number of aromatic amines is 1. The van der Waals surface area contributed by atoms with E-state index >= 15 is 0 Å². The molecular formula is C30H47N7O26P6. The van der Waals surface area contributed by atoms with Crippen LogP contribution in [0.1, 0.15) is 56.1 Å². The average molecular weight is 1110 g/mol. The van der Waals surface area contributed by atoms with Gasteiger partial charge in [0.2, 0.25) is 11.7 Å². The SMILES string of the molecule is Cc1nnc(-c2ccc(OCCOCCC(=O)NCCCCCCOP(=O)(O)OP(=O)(O)OP(=O)(O)OP(=O)(O)OP(=O)(O)OP(=O)(O)OC[C@H]3O[C@@H](n4cc(C)c(=O)[nH]c4=O)CC3O)cc2)nn1. The van der Waals surface area contributed by atoms with Crippen LogP contribution in [0.4, 0.5) is 0 Å². The van der Waals surface area contributed by atoms with Gasteiger partial charge in [0, 0.05) is 36.7 Å². The van der Waals surface area contributed by atoms with E-state index in [0.717, 1.165) is 10.8 Å². The monoisotopic (exact) mass is 1110 g/mol. The second-order valence-electron chi connectivity index (χ2n) is 14.0. The van der Waals surface area contributed by atoms with E-state index in [-0.39, 0.29) is 57.1 Å². The number of amides is 1. The van der Waals surface area contributed by atoms with Gasteiger partial charge >= 0.3 is 52.6 Å². The summed E-state index contributed by atoms with van der Waals surface area (Å²) in [5, 5.41) is 28.6. The van der Waals surface area contributed by atoms with Crippen LogP contribution >= 0.6 is 46.9 Å². The topological polar surface area (TPSA) is 472 Å². The summed E-state index contributed by atoms with van der Waals surface area (Å²) in [6.45, 7) is 2.17. The summed E-state index contributed by atoms with van der Waals surface area (Å²) in [7, 11) is -37.0. The molecular weight excluding hydrogens is 1060 g/mol. The Morgan fingerprint density at radius 2 is 1.29 bits per heavy atom. The van der Waals surface area contributed by atoms with Crippen LogP contribution in [0.2, 0.25) is 0 Å². The molecule has 1 aromatic carbocycles. The number of aliphatic hydroxyl groups excluding tert-OH is 1. The van der Waals surface area contributed by atoms with E-state index in [9.17, 15) is 76.2 Å². The normalized spacial score (nSPS) is 21.4. The van der Waals surface area contributed by atoms with Crippen molar-refractivity contribution in [2.24, 2.45) is 0 Å². The molecule has 388 valence electrons. The number of ether oxygens (including phenoxy) is 3. The van der Waals surface area contributed by atoms with Gasteiger partial charge < -0.3 is 54.0 Å². The second kappa shape index (κ2) is 25.5. The Morgan fingerprint density at radius 3 is 1.88 bits per heavy atom. The quantitative estimate of drug-likeness (QED) is 0.0340. The van der Waals surface area contributed by atoms with E-state index in [1.54, 1.807) is 31.2 Å². The molecule has 39 heteroatoms. The number of phosphoric ester groups is 2. The predicted molar refractivity (Wildman–Crippen MR) is 227 cm³/mol. The van der Waals surface area contributed by atoms with E-state index < -0.39 is 89.8 Å². The summed E-state index contributed by atoms with van der Waals surface area (Å²) in [5.74, 6) is 1.11. The molecule has 69 heavy (non-hydrogen) atoms. The lowest BCUT2D eigenvalue weighted by Gasteiger charge is -2.21. The largest absolute Gasteiger partial charge is 0.491 e. The van der Waals surface area contributed by atoms with Crippen molar-refractivity contribution in [1.82, 2.24) is 35.3 Å². The van der Waals surface area contributed by atoms with Crippen LogP contribution in [0.3, 0.4) is 0 Å². The Morgan fingerprint density at radius 1 is 0.739 bits per heavy atom. The number of carbonyl (C=O) groups excluding carboxylic acids is 1. The van der Waals surface area contributed by atoms with Crippen molar-refractivity contribution in [3.05, 3.63) is 62.7 Å². The summed E-state index contributed by atoms with van der Waals surface area (Å²) >= 11 is 0. The first-order chi connectivity index (χ1) is 32.0. The number of phosphoric acid groups is 6. The van der Waals surface area contributed by atoms with Gasteiger partial charge in [0.25, 0.3) is 5.56 Å². The Labute approximate surface area is 389 Å². The van der Waals surface area contributed by atoms with E-state index in [1.807, 2.05) is 4.98 Å². The van der Waals surface area contributed by atoms with Gasteiger partial charge in [0.1, 0.15) is 24.7 Å². The van der Waals surface area contributed by atoms with Crippen LogP contribution in [0.5, 0.6) is 5.75 Å². The first kappa shape index (κ1) is 58.4. The number of aliphatic hydroxyl groups is 1. The molecule has 1 amide bonds. The van der Waals surface area contributed by atoms with Gasteiger partial charge in [-0.3, -0.25) is 28.2 Å². The van der Waals surface area contributed by atoms with Gasteiger partial charge in [-0.05, 0) is 51.0 Å². The molecule has 0 saturated carbocycles. The van der Waals surface area contributed by atoms with Crippen molar-refractivity contribution in [1.29, 1.82) is 0 Å². The Kier molecular flexibility index (Phi) is 21.6. The molecule has 1 saturated heterocycles. The molecule has 4 rings (SSSR count). The van der Waals surface area contributed by atoms with E-state index in [4.69, 9.17) is 14.2 Å². The number of H-pyrrole nitrogens is 1. The summed E-state index contributed by atoms with van der Waals surface area (Å²) < 4.78 is 118. The second-order valence-corrected chi connectivity index (χ2v) is 23.4. The first-order valence-electron chi connectivity index (χ1n) is 19.6. The summed E-state index contributed by atoms with van der Waals surface area (Å²) in [5.41, 5.74) is -0.857. The lowest BCUT2D eigenvalue weighted by Crippen LogP contribution is -2.33. The zero-order valence-corrected chi connectivity index (χ0v) is 41.3. The third-order valence-corrected chi connectivity index (χ3v) is 17.6. The maximum absolute atomic E-state index is 12.3. The molecule has 9 N–H and O–H groups in total. The molecule has 1 aliphatic rings. The van der Waals surface area contributed by atoms with Gasteiger partial charge in [-0.25, -0.2) is 32.2 Å². The van der Waals surface area contributed by atoms with Crippen molar-refractivity contribution in [3.63, 3.8) is 0 Å². The zero-order chi connectivity index (χ0) is 51.3. The zero-order valence-electron chi connectivity index (χ0n) is 35.9. The Hall–Kier alpha value is -3.15. The van der Waals surface area contributed by atoms with Crippen LogP contribution in [0.15, 0.2) is 40.1 Å². The third kappa shape index (κ3) is 21.2. The van der Waals surface area contributed by atoms with Crippen molar-refractivity contribution in [2.45, 2.75) is 70.8 Å². The number of nitrogens with one attached hydrogen (secondary N) is 2. The van der Waals surface area contributed by atoms with Crippen molar-refractivity contribution < 1.29 is 111 Å². The highest BCUT2D eigenvalue weighted by Gasteiger charge is 2.50. The fraction of sp³-hybridized carbons (Fsp3) is 0.567. The molecule has 3 heterocycles. The van der Waals surface area contributed by atoms with Gasteiger partial charge in [0.15, 0.2) is 5.82 Å². The highest BCUT2D eigenvalue weighted by Crippen LogP contribution is 2.75. The highest BCUT2D eigenvalue weighted by molar-refractivity contribution is 7.72. The molecule has 0 bridgehead atoms. The molecule has 3 aromatic rings. The van der Waals surface area contributed by atoms with Gasteiger partial charge in [-0.15, -0.1) is 20.4 Å². The minimum Gasteiger partial charge on any atom is -0.491 e. The van der Waals surface area contributed by atoms with Crippen molar-refractivity contribution in [3.8, 4) is 17.1 Å². The molecule has 33 nitrogen and oxygen atoms in total. The van der Waals surface area contributed by atoms with E-state index in [0.29, 0.717) is 42.2 Å². The number of hydrogen-bond acceptors (Lipinski definition) is 24. The smallest absolute Gasteiger partial charge is 0.490 e. The molecule has 9 atom stereocenters. The Balaban J connectivity index is 1.06. The van der Waals surface area contributed by atoms with Crippen LogP contribution in [0.25, 0.3) is 11.4 Å². The average Bonchev–Trinajstić information content (AvgIpc) is 3.58. The van der Waals surface area contributed by atoms with Gasteiger partial charge in [-0.1, -0.05) is 12.8 Å². The lowest BCUT2D eigenvalue weighted by atomic mass is 10.2. The Bertz CT molecular complexity index is 2620. The number of nitrogens with zero attached hydrogens (tertiary/aromatic N) is 5. The number of aryl methyl sites for hydroxylation is 2. The minimum atomic E-state index is -6.50. The van der Waals surface area contributed by atoms with Gasteiger partial charge in [-0.2, -0.15) is 21.6 Å². The summed E-state index contributed by atoms with van der Waals surface area (Å²) in [6.07, 6.45) is -2.10. The molecule has 0 spiro atoms. The molecule has 7 unspecified atom stereocenters. The van der Waals surface area contributed by atoms with E-state index in [1.165, 1.54) is 6.92 Å². The molecule has 1 fully saturated rings. The minimum absolute atomic E-state index is 0.0492. The van der Waals surface area contributed by atoms with Crippen LogP contribution in [0, 0.1) is 13.8 Å². The highest BCUT2D eigenvalue weighted by atomic mass is 31.3. The fourth-order valence-corrected chi connectivity index (χ4v) is 13.3. The van der Waals surface area contributed by atoms with Crippen molar-refractivity contribution >= 4 is 52.8 Å². The molecule has 0 aliphatic carbocycles. The number of carbonyl (C=O) groups is 1. The van der Waals surface area contributed by atoms with Crippen LogP contribution < -0.4 is 21.3 Å². The predicted octanol–water partition coefficient (Wildman–Crippen LogP) is 1.93. The number of aromatic nitrogens is 6. The lowest BCUT2D eigenvalue weighted by molar-refractivity contribution is -0.122. The summed E-state index contributed by atoms with van der Waals surface area (Å²) in [6, 6.07) is 6.95. The van der Waals surface area contributed by atoms with Crippen LogP contribution in [-0.4, -0.2) is 122 Å².